The third-order valence-corrected chi connectivity index (χ3v) is 6.98. The fourth-order valence-corrected chi connectivity index (χ4v) is 4.99. The van der Waals surface area contributed by atoms with Crippen LogP contribution < -0.4 is 4.74 Å². The number of hydrogen-bond acceptors (Lipinski definition) is 5. The molecule has 0 fully saturated rings. The van der Waals surface area contributed by atoms with E-state index >= 15 is 0 Å². The zero-order valence-electron chi connectivity index (χ0n) is 20.8. The molecule has 0 saturated heterocycles. The van der Waals surface area contributed by atoms with Gasteiger partial charge in [0.2, 0.25) is 0 Å². The Morgan fingerprint density at radius 1 is 1.00 bits per heavy atom. The molecule has 0 amide bonds. The van der Waals surface area contributed by atoms with Gasteiger partial charge in [0.15, 0.2) is 0 Å². The molecule has 0 bridgehead atoms. The number of fused-ring (bicyclic) bond motifs is 1. The van der Waals surface area contributed by atoms with Gasteiger partial charge in [-0.2, -0.15) is 0 Å². The molecule has 38 heavy (non-hydrogen) atoms. The molecule has 5 aromatic rings. The number of rotatable bonds is 8. The van der Waals surface area contributed by atoms with Crippen molar-refractivity contribution in [2.45, 2.75) is 33.3 Å². The van der Waals surface area contributed by atoms with Gasteiger partial charge in [-0.3, -0.25) is 0 Å². The predicted molar refractivity (Wildman–Crippen MR) is 149 cm³/mol. The molecule has 0 aliphatic rings. The Hall–Kier alpha value is -3.87. The van der Waals surface area contributed by atoms with Crippen LogP contribution in [0.5, 0.6) is 5.75 Å². The number of hydrogen-bond donors (Lipinski definition) is 1. The van der Waals surface area contributed by atoms with Gasteiger partial charge in [0, 0.05) is 17.4 Å². The SMILES string of the molecule is CCCc1onc(-c2c(Cl)cccc2Cl)c1COc1ccc(-c2ccc3nc(C(=O)O)cc(C)c3c2)cc1. The number of aryl methyl sites for hydroxylation is 2. The minimum atomic E-state index is -1.04. The van der Waals surface area contributed by atoms with Crippen molar-refractivity contribution in [2.75, 3.05) is 0 Å². The number of aromatic carboxylic acids is 1. The first kappa shape index (κ1) is 25.8. The van der Waals surface area contributed by atoms with Crippen molar-refractivity contribution in [1.29, 1.82) is 0 Å². The number of carboxylic acid groups (broad SMARTS) is 1. The van der Waals surface area contributed by atoms with E-state index in [9.17, 15) is 9.90 Å². The summed E-state index contributed by atoms with van der Waals surface area (Å²) < 4.78 is 11.8. The zero-order valence-corrected chi connectivity index (χ0v) is 22.3. The van der Waals surface area contributed by atoms with Crippen LogP contribution >= 0.6 is 23.2 Å². The molecule has 0 aliphatic heterocycles. The Bertz CT molecular complexity index is 1620. The summed E-state index contributed by atoms with van der Waals surface area (Å²) in [6.45, 7) is 4.21. The summed E-state index contributed by atoms with van der Waals surface area (Å²) in [5.41, 5.74) is 5.60. The van der Waals surface area contributed by atoms with Gasteiger partial charge in [0.05, 0.1) is 21.1 Å². The van der Waals surface area contributed by atoms with E-state index in [4.69, 9.17) is 32.5 Å². The van der Waals surface area contributed by atoms with Gasteiger partial charge < -0.3 is 14.4 Å². The minimum absolute atomic E-state index is 0.0409. The van der Waals surface area contributed by atoms with Gasteiger partial charge in [0.25, 0.3) is 0 Å². The molecule has 192 valence electrons. The summed E-state index contributed by atoms with van der Waals surface area (Å²) in [6, 6.07) is 20.5. The molecule has 0 unspecified atom stereocenters. The van der Waals surface area contributed by atoms with Crippen LogP contribution in [-0.2, 0) is 13.0 Å². The first-order valence-corrected chi connectivity index (χ1v) is 12.9. The molecule has 6 nitrogen and oxygen atoms in total. The fraction of sp³-hybridized carbons (Fsp3) is 0.167. The van der Waals surface area contributed by atoms with Crippen LogP contribution in [-0.4, -0.2) is 21.2 Å². The first-order valence-electron chi connectivity index (χ1n) is 12.2. The second kappa shape index (κ2) is 10.9. The number of carbonyl (C=O) groups is 1. The fourth-order valence-electron chi connectivity index (χ4n) is 4.42. The van der Waals surface area contributed by atoms with E-state index in [1.54, 1.807) is 24.3 Å². The molecule has 0 atom stereocenters. The maximum Gasteiger partial charge on any atom is 0.354 e. The van der Waals surface area contributed by atoms with Crippen molar-refractivity contribution >= 4 is 40.1 Å². The molecule has 2 heterocycles. The quantitative estimate of drug-likeness (QED) is 0.210. The molecular formula is C30H24Cl2N2O4. The van der Waals surface area contributed by atoms with Crippen LogP contribution in [0.2, 0.25) is 10.0 Å². The van der Waals surface area contributed by atoms with Crippen LogP contribution in [0.25, 0.3) is 33.3 Å². The van der Waals surface area contributed by atoms with Crippen molar-refractivity contribution < 1.29 is 19.2 Å². The van der Waals surface area contributed by atoms with Crippen molar-refractivity contribution in [2.24, 2.45) is 0 Å². The Morgan fingerprint density at radius 2 is 1.71 bits per heavy atom. The molecule has 3 aromatic carbocycles. The first-order chi connectivity index (χ1) is 18.4. The van der Waals surface area contributed by atoms with Gasteiger partial charge in [-0.05, 0) is 72.5 Å². The number of benzene rings is 3. The number of aromatic nitrogens is 2. The highest BCUT2D eigenvalue weighted by atomic mass is 35.5. The maximum absolute atomic E-state index is 11.3. The van der Waals surface area contributed by atoms with E-state index in [1.807, 2.05) is 49.4 Å². The maximum atomic E-state index is 11.3. The normalized spacial score (nSPS) is 11.2. The Kier molecular flexibility index (Phi) is 7.36. The molecule has 0 spiro atoms. The lowest BCUT2D eigenvalue weighted by Gasteiger charge is -2.11. The lowest BCUT2D eigenvalue weighted by atomic mass is 10.0. The van der Waals surface area contributed by atoms with E-state index in [2.05, 4.69) is 17.1 Å². The largest absolute Gasteiger partial charge is 0.489 e. The van der Waals surface area contributed by atoms with E-state index in [1.165, 1.54) is 0 Å². The summed E-state index contributed by atoms with van der Waals surface area (Å²) in [6.07, 6.45) is 1.61. The smallest absolute Gasteiger partial charge is 0.354 e. The molecule has 1 N–H and O–H groups in total. The van der Waals surface area contributed by atoms with Crippen LogP contribution in [0.4, 0.5) is 0 Å². The van der Waals surface area contributed by atoms with E-state index in [0.717, 1.165) is 46.2 Å². The van der Waals surface area contributed by atoms with Crippen molar-refractivity contribution in [3.63, 3.8) is 0 Å². The van der Waals surface area contributed by atoms with Gasteiger partial charge >= 0.3 is 5.97 Å². The molecule has 2 aromatic heterocycles. The molecule has 0 radical (unpaired) electrons. The van der Waals surface area contributed by atoms with Gasteiger partial charge in [-0.25, -0.2) is 9.78 Å². The summed E-state index contributed by atoms with van der Waals surface area (Å²) in [7, 11) is 0. The summed E-state index contributed by atoms with van der Waals surface area (Å²) >= 11 is 12.9. The number of ether oxygens (including phenoxy) is 1. The van der Waals surface area contributed by atoms with Crippen molar-refractivity contribution in [3.05, 3.63) is 99.4 Å². The van der Waals surface area contributed by atoms with Gasteiger partial charge in [0.1, 0.15) is 29.5 Å². The zero-order chi connectivity index (χ0) is 26.8. The van der Waals surface area contributed by atoms with E-state index in [0.29, 0.717) is 32.6 Å². The number of nitrogens with zero attached hydrogens (tertiary/aromatic N) is 2. The van der Waals surface area contributed by atoms with Crippen molar-refractivity contribution in [1.82, 2.24) is 10.1 Å². The van der Waals surface area contributed by atoms with E-state index in [-0.39, 0.29) is 12.3 Å². The lowest BCUT2D eigenvalue weighted by Crippen LogP contribution is -2.01. The second-order valence-corrected chi connectivity index (χ2v) is 9.77. The Labute approximate surface area is 229 Å². The Morgan fingerprint density at radius 3 is 2.39 bits per heavy atom. The average Bonchev–Trinajstić information content (AvgIpc) is 3.29. The Balaban J connectivity index is 1.39. The van der Waals surface area contributed by atoms with Crippen molar-refractivity contribution in [3.8, 4) is 28.1 Å². The second-order valence-electron chi connectivity index (χ2n) is 8.95. The number of halogens is 2. The third kappa shape index (κ3) is 5.10. The highest BCUT2D eigenvalue weighted by Crippen LogP contribution is 2.37. The minimum Gasteiger partial charge on any atom is -0.489 e. The average molecular weight is 547 g/mol. The highest BCUT2D eigenvalue weighted by molar-refractivity contribution is 6.39. The molecule has 5 rings (SSSR count). The number of pyridine rings is 1. The molecular weight excluding hydrogens is 523 g/mol. The standard InChI is InChI=1S/C30H24Cl2N2O4/c1-3-5-27-22(29(34-38-27)28-23(31)6-4-7-24(28)32)16-37-20-11-8-18(9-12-20)19-10-13-25-21(15-19)17(2)14-26(33-25)30(35)36/h4,6-15H,3,5,16H2,1-2H3,(H,35,36). The van der Waals surface area contributed by atoms with Crippen LogP contribution in [0.3, 0.4) is 0 Å². The monoisotopic (exact) mass is 546 g/mol. The summed E-state index contributed by atoms with van der Waals surface area (Å²) in [4.78, 5) is 15.6. The lowest BCUT2D eigenvalue weighted by molar-refractivity contribution is 0.0691. The van der Waals surface area contributed by atoms with Gasteiger partial charge in [-0.15, -0.1) is 0 Å². The topological polar surface area (TPSA) is 85.5 Å². The number of carboxylic acids is 1. The van der Waals surface area contributed by atoms with E-state index < -0.39 is 5.97 Å². The molecule has 0 aliphatic carbocycles. The predicted octanol–water partition coefficient (Wildman–Crippen LogP) is 8.40. The molecule has 8 heteroatoms. The summed E-state index contributed by atoms with van der Waals surface area (Å²) in [5, 5.41) is 15.5. The van der Waals surface area contributed by atoms with Crippen LogP contribution in [0.15, 0.2) is 71.3 Å². The van der Waals surface area contributed by atoms with Crippen LogP contribution in [0, 0.1) is 6.92 Å². The molecule has 0 saturated carbocycles. The summed E-state index contributed by atoms with van der Waals surface area (Å²) in [5.74, 6) is 0.407. The van der Waals surface area contributed by atoms with Crippen LogP contribution in [0.1, 0.15) is 40.7 Å². The highest BCUT2D eigenvalue weighted by Gasteiger charge is 2.22. The van der Waals surface area contributed by atoms with Gasteiger partial charge in [-0.1, -0.05) is 59.5 Å². The third-order valence-electron chi connectivity index (χ3n) is 6.35.